The number of carbonyl (C=O) groups is 1. The monoisotopic (exact) mass is 351 g/mol. The summed E-state index contributed by atoms with van der Waals surface area (Å²) in [4.78, 5) is 23.4. The van der Waals surface area contributed by atoms with Crippen LogP contribution in [0.5, 0.6) is 0 Å². The van der Waals surface area contributed by atoms with Gasteiger partial charge < -0.3 is 14.2 Å². The minimum Gasteiger partial charge on any atom is -0.379 e. The highest BCUT2D eigenvalue weighted by molar-refractivity contribution is 5.78. The summed E-state index contributed by atoms with van der Waals surface area (Å²) in [5, 5.41) is 4.05. The second kappa shape index (κ2) is 8.25. The largest absolute Gasteiger partial charge is 0.379 e. The highest BCUT2D eigenvalue weighted by Crippen LogP contribution is 2.22. The Bertz CT molecular complexity index is 562. The fourth-order valence-electron chi connectivity index (χ4n) is 3.22. The van der Waals surface area contributed by atoms with Crippen LogP contribution in [-0.2, 0) is 9.53 Å². The molecule has 2 aliphatic rings. The van der Waals surface area contributed by atoms with Crippen LogP contribution in [0.4, 0.5) is 0 Å². The molecule has 0 saturated carbocycles. The van der Waals surface area contributed by atoms with E-state index in [9.17, 15) is 4.79 Å². The SMILES string of the molecule is CC(C)c1noc(C(C)N2CCN(C(=O)CN3CCOCC3)CC2)n1. The summed E-state index contributed by atoms with van der Waals surface area (Å²) in [6.07, 6.45) is 0. The second-order valence-corrected chi connectivity index (χ2v) is 7.13. The quantitative estimate of drug-likeness (QED) is 0.774. The number of aromatic nitrogens is 2. The smallest absolute Gasteiger partial charge is 0.243 e. The van der Waals surface area contributed by atoms with Crippen molar-refractivity contribution in [3.8, 4) is 0 Å². The molecule has 0 spiro atoms. The first-order valence-electron chi connectivity index (χ1n) is 9.20. The van der Waals surface area contributed by atoms with Crippen molar-refractivity contribution in [2.45, 2.75) is 32.7 Å². The molecular weight excluding hydrogens is 322 g/mol. The van der Waals surface area contributed by atoms with Gasteiger partial charge in [0.2, 0.25) is 11.8 Å². The van der Waals surface area contributed by atoms with Gasteiger partial charge in [-0.25, -0.2) is 0 Å². The molecule has 0 bridgehead atoms. The van der Waals surface area contributed by atoms with Gasteiger partial charge in [0.1, 0.15) is 0 Å². The lowest BCUT2D eigenvalue weighted by Gasteiger charge is -2.38. The number of carbonyl (C=O) groups excluding carboxylic acids is 1. The van der Waals surface area contributed by atoms with Gasteiger partial charge in [-0.3, -0.25) is 14.6 Å². The molecule has 1 amide bonds. The van der Waals surface area contributed by atoms with Gasteiger partial charge in [-0.15, -0.1) is 0 Å². The average Bonchev–Trinajstić information content (AvgIpc) is 3.12. The predicted octanol–water partition coefficient (Wildman–Crippen LogP) is 0.730. The number of ether oxygens (including phenoxy) is 1. The molecule has 0 N–H and O–H groups in total. The van der Waals surface area contributed by atoms with Crippen molar-refractivity contribution < 1.29 is 14.1 Å². The van der Waals surface area contributed by atoms with Crippen molar-refractivity contribution in [3.05, 3.63) is 11.7 Å². The molecule has 2 aliphatic heterocycles. The number of piperazine rings is 1. The molecule has 1 aromatic rings. The van der Waals surface area contributed by atoms with E-state index in [0.29, 0.717) is 12.4 Å². The van der Waals surface area contributed by atoms with E-state index in [2.05, 4.69) is 40.7 Å². The average molecular weight is 351 g/mol. The number of hydrogen-bond donors (Lipinski definition) is 0. The van der Waals surface area contributed by atoms with Crippen LogP contribution in [-0.4, -0.2) is 89.8 Å². The number of amides is 1. The van der Waals surface area contributed by atoms with Gasteiger partial charge in [0, 0.05) is 45.2 Å². The zero-order valence-electron chi connectivity index (χ0n) is 15.5. The summed E-state index contributed by atoms with van der Waals surface area (Å²) in [7, 11) is 0. The second-order valence-electron chi connectivity index (χ2n) is 7.13. The van der Waals surface area contributed by atoms with E-state index in [4.69, 9.17) is 9.26 Å². The molecule has 1 unspecified atom stereocenters. The minimum absolute atomic E-state index is 0.0801. The summed E-state index contributed by atoms with van der Waals surface area (Å²) in [6.45, 7) is 13.0. The first-order chi connectivity index (χ1) is 12.0. The van der Waals surface area contributed by atoms with Gasteiger partial charge in [-0.2, -0.15) is 4.98 Å². The molecular formula is C17H29N5O3. The van der Waals surface area contributed by atoms with Crippen molar-refractivity contribution in [2.24, 2.45) is 0 Å². The maximum atomic E-state index is 12.5. The van der Waals surface area contributed by atoms with E-state index in [1.807, 2.05) is 4.90 Å². The molecule has 8 heteroatoms. The maximum Gasteiger partial charge on any atom is 0.243 e. The molecule has 0 aliphatic carbocycles. The third-order valence-electron chi connectivity index (χ3n) is 5.01. The molecule has 0 aromatic carbocycles. The van der Waals surface area contributed by atoms with Crippen molar-refractivity contribution >= 4 is 5.91 Å². The number of rotatable bonds is 5. The summed E-state index contributed by atoms with van der Waals surface area (Å²) in [6, 6.07) is 0.0801. The topological polar surface area (TPSA) is 74.9 Å². The lowest BCUT2D eigenvalue weighted by Crippen LogP contribution is -2.52. The van der Waals surface area contributed by atoms with Gasteiger partial charge in [0.15, 0.2) is 5.82 Å². The Hall–Kier alpha value is -1.51. The zero-order valence-corrected chi connectivity index (χ0v) is 15.5. The van der Waals surface area contributed by atoms with Crippen LogP contribution in [0.1, 0.15) is 44.4 Å². The molecule has 3 heterocycles. The van der Waals surface area contributed by atoms with Gasteiger partial charge >= 0.3 is 0 Å². The van der Waals surface area contributed by atoms with Gasteiger partial charge in [-0.05, 0) is 6.92 Å². The maximum absolute atomic E-state index is 12.5. The van der Waals surface area contributed by atoms with Gasteiger partial charge in [0.25, 0.3) is 0 Å². The van der Waals surface area contributed by atoms with Crippen LogP contribution in [0.3, 0.4) is 0 Å². The lowest BCUT2D eigenvalue weighted by atomic mass is 10.2. The van der Waals surface area contributed by atoms with E-state index in [0.717, 1.165) is 58.3 Å². The Morgan fingerprint density at radius 2 is 1.76 bits per heavy atom. The first kappa shape index (κ1) is 18.3. The molecule has 1 aromatic heterocycles. The van der Waals surface area contributed by atoms with Crippen molar-refractivity contribution in [3.63, 3.8) is 0 Å². The molecule has 140 valence electrons. The van der Waals surface area contributed by atoms with E-state index in [1.54, 1.807) is 0 Å². The summed E-state index contributed by atoms with van der Waals surface area (Å²) < 4.78 is 10.7. The fraction of sp³-hybridized carbons (Fsp3) is 0.824. The third-order valence-corrected chi connectivity index (χ3v) is 5.01. The number of morpholine rings is 1. The molecule has 0 radical (unpaired) electrons. The molecule has 1 atom stereocenters. The lowest BCUT2D eigenvalue weighted by molar-refractivity contribution is -0.135. The summed E-state index contributed by atoms with van der Waals surface area (Å²) in [5.41, 5.74) is 0. The Morgan fingerprint density at radius 1 is 1.08 bits per heavy atom. The standard InChI is InChI=1S/C17H29N5O3/c1-13(2)16-18-17(25-19-16)14(3)21-4-6-22(7-5-21)15(23)12-20-8-10-24-11-9-20/h13-14H,4-12H2,1-3H3. The minimum atomic E-state index is 0.0801. The van der Waals surface area contributed by atoms with Crippen LogP contribution < -0.4 is 0 Å². The van der Waals surface area contributed by atoms with Crippen molar-refractivity contribution in [1.82, 2.24) is 24.8 Å². The van der Waals surface area contributed by atoms with Gasteiger partial charge in [0.05, 0.1) is 25.8 Å². The third kappa shape index (κ3) is 4.56. The Kier molecular flexibility index (Phi) is 6.03. The Balaban J connectivity index is 1.48. The molecule has 2 saturated heterocycles. The van der Waals surface area contributed by atoms with Crippen LogP contribution in [0.25, 0.3) is 0 Å². The Labute approximate surface area is 149 Å². The fourth-order valence-corrected chi connectivity index (χ4v) is 3.22. The predicted molar refractivity (Wildman–Crippen MR) is 92.2 cm³/mol. The van der Waals surface area contributed by atoms with Crippen molar-refractivity contribution in [2.75, 3.05) is 59.0 Å². The Morgan fingerprint density at radius 3 is 2.36 bits per heavy atom. The van der Waals surface area contributed by atoms with Gasteiger partial charge in [-0.1, -0.05) is 19.0 Å². The first-order valence-corrected chi connectivity index (χ1v) is 9.20. The number of nitrogens with zero attached hydrogens (tertiary/aromatic N) is 5. The van der Waals surface area contributed by atoms with Crippen LogP contribution in [0.15, 0.2) is 4.52 Å². The van der Waals surface area contributed by atoms with E-state index in [1.165, 1.54) is 0 Å². The van der Waals surface area contributed by atoms with E-state index < -0.39 is 0 Å². The molecule has 25 heavy (non-hydrogen) atoms. The molecule has 8 nitrogen and oxygen atoms in total. The molecule has 2 fully saturated rings. The van der Waals surface area contributed by atoms with Crippen LogP contribution in [0.2, 0.25) is 0 Å². The highest BCUT2D eigenvalue weighted by atomic mass is 16.5. The summed E-state index contributed by atoms with van der Waals surface area (Å²) in [5.74, 6) is 1.89. The number of hydrogen-bond acceptors (Lipinski definition) is 7. The van der Waals surface area contributed by atoms with E-state index in [-0.39, 0.29) is 17.9 Å². The van der Waals surface area contributed by atoms with E-state index >= 15 is 0 Å². The van der Waals surface area contributed by atoms with Crippen LogP contribution >= 0.6 is 0 Å². The zero-order chi connectivity index (χ0) is 17.8. The normalized spacial score (nSPS) is 21.7. The van der Waals surface area contributed by atoms with Crippen LogP contribution in [0, 0.1) is 0 Å². The summed E-state index contributed by atoms with van der Waals surface area (Å²) >= 11 is 0. The molecule has 3 rings (SSSR count). The highest BCUT2D eigenvalue weighted by Gasteiger charge is 2.28. The van der Waals surface area contributed by atoms with Crippen molar-refractivity contribution in [1.29, 1.82) is 0 Å².